The zero-order valence-electron chi connectivity index (χ0n) is 11.2. The van der Waals surface area contributed by atoms with Crippen molar-refractivity contribution in [1.29, 1.82) is 0 Å². The third-order valence-corrected chi connectivity index (χ3v) is 3.85. The topological polar surface area (TPSA) is 48.4 Å². The first-order chi connectivity index (χ1) is 9.15. The van der Waals surface area contributed by atoms with Crippen LogP contribution in [0.5, 0.6) is 5.75 Å². The fourth-order valence-electron chi connectivity index (χ4n) is 2.05. The third-order valence-electron chi connectivity index (χ3n) is 3.26. The van der Waals surface area contributed by atoms with Crippen LogP contribution in [0.3, 0.4) is 0 Å². The minimum atomic E-state index is -0.283. The molecular formula is C14H18BrNO3. The highest BCUT2D eigenvalue weighted by molar-refractivity contribution is 9.10. The highest BCUT2D eigenvalue weighted by Gasteiger charge is 2.32. The van der Waals surface area contributed by atoms with Gasteiger partial charge in [-0.2, -0.15) is 0 Å². The number of nitrogens with zero attached hydrogens (tertiary/aromatic N) is 1. The molecule has 1 fully saturated rings. The van der Waals surface area contributed by atoms with Crippen molar-refractivity contribution in [2.24, 2.45) is 5.92 Å². The van der Waals surface area contributed by atoms with Crippen molar-refractivity contribution in [2.75, 3.05) is 13.7 Å². The standard InChI is InChI=1S/C14H18BrNO3/c1-3-19-14(17)10(6-9-4-5-9)12-7-13(18-2)11(15)8-16-12/h7-10H,3-6H2,1-2H3. The van der Waals surface area contributed by atoms with Crippen LogP contribution in [-0.4, -0.2) is 24.7 Å². The molecule has 0 spiro atoms. The molecule has 1 aromatic rings. The van der Waals surface area contributed by atoms with Gasteiger partial charge in [-0.3, -0.25) is 9.78 Å². The summed E-state index contributed by atoms with van der Waals surface area (Å²) in [6.45, 7) is 2.22. The van der Waals surface area contributed by atoms with E-state index < -0.39 is 0 Å². The van der Waals surface area contributed by atoms with Crippen molar-refractivity contribution in [3.05, 3.63) is 22.4 Å². The van der Waals surface area contributed by atoms with Crippen LogP contribution in [0.1, 0.15) is 37.8 Å². The lowest BCUT2D eigenvalue weighted by molar-refractivity contribution is -0.145. The fraction of sp³-hybridized carbons (Fsp3) is 0.571. The van der Waals surface area contributed by atoms with Gasteiger partial charge < -0.3 is 9.47 Å². The van der Waals surface area contributed by atoms with Crippen LogP contribution in [-0.2, 0) is 9.53 Å². The van der Waals surface area contributed by atoms with Crippen molar-refractivity contribution in [2.45, 2.75) is 32.1 Å². The van der Waals surface area contributed by atoms with Gasteiger partial charge in [-0.25, -0.2) is 0 Å². The van der Waals surface area contributed by atoms with Gasteiger partial charge in [0.1, 0.15) is 5.75 Å². The maximum atomic E-state index is 12.1. The maximum Gasteiger partial charge on any atom is 0.315 e. The molecule has 1 heterocycles. The van der Waals surface area contributed by atoms with Gasteiger partial charge in [0.2, 0.25) is 0 Å². The molecule has 1 aliphatic rings. The summed E-state index contributed by atoms with van der Waals surface area (Å²) in [5.41, 5.74) is 0.727. The summed E-state index contributed by atoms with van der Waals surface area (Å²) >= 11 is 3.37. The zero-order valence-corrected chi connectivity index (χ0v) is 12.8. The first kappa shape index (κ1) is 14.3. The Labute approximate surface area is 121 Å². The van der Waals surface area contributed by atoms with Gasteiger partial charge >= 0.3 is 5.97 Å². The molecule has 0 aromatic carbocycles. The first-order valence-electron chi connectivity index (χ1n) is 6.51. The van der Waals surface area contributed by atoms with Gasteiger partial charge in [-0.15, -0.1) is 0 Å². The summed E-state index contributed by atoms with van der Waals surface area (Å²) in [5.74, 6) is 0.849. The lowest BCUT2D eigenvalue weighted by atomic mass is 9.98. The molecule has 19 heavy (non-hydrogen) atoms. The predicted octanol–water partition coefficient (Wildman–Crippen LogP) is 3.30. The average molecular weight is 328 g/mol. The Morgan fingerprint density at radius 3 is 2.89 bits per heavy atom. The van der Waals surface area contributed by atoms with Crippen molar-refractivity contribution in [3.8, 4) is 5.75 Å². The summed E-state index contributed by atoms with van der Waals surface area (Å²) in [4.78, 5) is 16.4. The Kier molecular flexibility index (Phi) is 4.80. The Morgan fingerprint density at radius 1 is 1.58 bits per heavy atom. The number of methoxy groups -OCH3 is 1. The van der Waals surface area contributed by atoms with Crippen LogP contribution in [0.2, 0.25) is 0 Å². The monoisotopic (exact) mass is 327 g/mol. The quantitative estimate of drug-likeness (QED) is 0.752. The van der Waals surface area contributed by atoms with E-state index in [0.29, 0.717) is 18.3 Å². The average Bonchev–Trinajstić information content (AvgIpc) is 3.21. The van der Waals surface area contributed by atoms with Crippen LogP contribution >= 0.6 is 15.9 Å². The lowest BCUT2D eigenvalue weighted by Gasteiger charge is -2.16. The minimum Gasteiger partial charge on any atom is -0.495 e. The van der Waals surface area contributed by atoms with E-state index in [0.717, 1.165) is 16.6 Å². The maximum absolute atomic E-state index is 12.1. The van der Waals surface area contributed by atoms with Crippen LogP contribution in [0, 0.1) is 5.92 Å². The van der Waals surface area contributed by atoms with Crippen LogP contribution in [0.25, 0.3) is 0 Å². The zero-order chi connectivity index (χ0) is 13.8. The molecule has 1 atom stereocenters. The SMILES string of the molecule is CCOC(=O)C(CC1CC1)c1cc(OC)c(Br)cn1. The first-order valence-corrected chi connectivity index (χ1v) is 7.31. The molecule has 5 heteroatoms. The molecule has 1 unspecified atom stereocenters. The molecule has 2 rings (SSSR count). The second-order valence-electron chi connectivity index (χ2n) is 4.73. The number of hydrogen-bond acceptors (Lipinski definition) is 4. The number of pyridine rings is 1. The third kappa shape index (κ3) is 3.69. The van der Waals surface area contributed by atoms with Crippen LogP contribution in [0.15, 0.2) is 16.7 Å². The number of carbonyl (C=O) groups excluding carboxylic acids is 1. The summed E-state index contributed by atoms with van der Waals surface area (Å²) in [6.07, 6.45) is 4.89. The van der Waals surface area contributed by atoms with Gasteiger partial charge in [-0.05, 0) is 35.2 Å². The highest BCUT2D eigenvalue weighted by atomic mass is 79.9. The second kappa shape index (κ2) is 6.37. The molecule has 0 saturated heterocycles. The molecule has 0 aliphatic heterocycles. The molecular weight excluding hydrogens is 310 g/mol. The number of aromatic nitrogens is 1. The Bertz CT molecular complexity index is 460. The smallest absolute Gasteiger partial charge is 0.315 e. The van der Waals surface area contributed by atoms with Crippen LogP contribution < -0.4 is 4.74 Å². The fourth-order valence-corrected chi connectivity index (χ4v) is 2.43. The Morgan fingerprint density at radius 2 is 2.32 bits per heavy atom. The summed E-state index contributed by atoms with van der Waals surface area (Å²) in [7, 11) is 1.60. The largest absolute Gasteiger partial charge is 0.495 e. The molecule has 0 amide bonds. The van der Waals surface area contributed by atoms with Gasteiger partial charge in [0.15, 0.2) is 0 Å². The number of carbonyl (C=O) groups is 1. The molecule has 1 aromatic heterocycles. The number of rotatable bonds is 6. The molecule has 0 radical (unpaired) electrons. The normalized spacial score (nSPS) is 15.9. The number of halogens is 1. The predicted molar refractivity (Wildman–Crippen MR) is 75.2 cm³/mol. The summed E-state index contributed by atoms with van der Waals surface area (Å²) in [5, 5.41) is 0. The Hall–Kier alpha value is -1.10. The number of ether oxygens (including phenoxy) is 2. The van der Waals surface area contributed by atoms with Crippen molar-refractivity contribution < 1.29 is 14.3 Å². The van der Waals surface area contributed by atoms with Crippen molar-refractivity contribution >= 4 is 21.9 Å². The van der Waals surface area contributed by atoms with E-state index in [1.54, 1.807) is 13.3 Å². The van der Waals surface area contributed by atoms with E-state index in [9.17, 15) is 4.79 Å². The van der Waals surface area contributed by atoms with E-state index in [-0.39, 0.29) is 11.9 Å². The number of hydrogen-bond donors (Lipinski definition) is 0. The van der Waals surface area contributed by atoms with E-state index in [4.69, 9.17) is 9.47 Å². The Balaban J connectivity index is 2.22. The second-order valence-corrected chi connectivity index (χ2v) is 5.58. The molecule has 1 saturated carbocycles. The van der Waals surface area contributed by atoms with Crippen molar-refractivity contribution in [1.82, 2.24) is 4.98 Å². The van der Waals surface area contributed by atoms with Gasteiger partial charge in [0.05, 0.1) is 29.8 Å². The van der Waals surface area contributed by atoms with E-state index in [2.05, 4.69) is 20.9 Å². The van der Waals surface area contributed by atoms with Gasteiger partial charge in [0, 0.05) is 12.3 Å². The molecule has 0 bridgehead atoms. The lowest BCUT2D eigenvalue weighted by Crippen LogP contribution is -2.18. The summed E-state index contributed by atoms with van der Waals surface area (Å²) in [6, 6.07) is 1.81. The molecule has 104 valence electrons. The minimum absolute atomic E-state index is 0.189. The van der Waals surface area contributed by atoms with Crippen LogP contribution in [0.4, 0.5) is 0 Å². The highest BCUT2D eigenvalue weighted by Crippen LogP contribution is 2.39. The summed E-state index contributed by atoms with van der Waals surface area (Å²) < 4.78 is 11.2. The van der Waals surface area contributed by atoms with E-state index in [1.165, 1.54) is 12.8 Å². The number of esters is 1. The van der Waals surface area contributed by atoms with E-state index >= 15 is 0 Å². The molecule has 0 N–H and O–H groups in total. The molecule has 1 aliphatic carbocycles. The van der Waals surface area contributed by atoms with Crippen molar-refractivity contribution in [3.63, 3.8) is 0 Å². The van der Waals surface area contributed by atoms with E-state index in [1.807, 2.05) is 13.0 Å². The van der Waals surface area contributed by atoms with Gasteiger partial charge in [-0.1, -0.05) is 12.8 Å². The van der Waals surface area contributed by atoms with Gasteiger partial charge in [0.25, 0.3) is 0 Å². The molecule has 4 nitrogen and oxygen atoms in total.